The zero-order valence-electron chi connectivity index (χ0n) is 11.4. The fourth-order valence-electron chi connectivity index (χ4n) is 1.82. The average Bonchev–Trinajstić information content (AvgIpc) is 2.38. The zero-order valence-corrected chi connectivity index (χ0v) is 11.4. The largest absolute Gasteiger partial charge is 0.311 e. The lowest BCUT2D eigenvalue weighted by Gasteiger charge is -2.17. The Balaban J connectivity index is 2.42. The molecule has 0 unspecified atom stereocenters. The lowest BCUT2D eigenvalue weighted by molar-refractivity contribution is -0.387. The molecule has 0 aliphatic heterocycles. The number of likely N-dealkylation sites (N-methyl/N-ethyl adjacent to an activating group) is 1. The second-order valence-electron chi connectivity index (χ2n) is 4.25. The van der Waals surface area contributed by atoms with Gasteiger partial charge in [-0.25, -0.2) is 0 Å². The minimum absolute atomic E-state index is 0.480. The molecule has 0 saturated carbocycles. The Bertz CT molecular complexity index is 422. The molecule has 1 rings (SSSR count). The number of hydrogen-bond donors (Lipinski definition) is 1. The van der Waals surface area contributed by atoms with Crippen LogP contribution in [0, 0.1) is 15.9 Å². The minimum atomic E-state index is -0.784. The van der Waals surface area contributed by atoms with Crippen LogP contribution < -0.4 is 5.32 Å². The number of rotatable bonds is 8. The van der Waals surface area contributed by atoms with Gasteiger partial charge in [0.1, 0.15) is 0 Å². The van der Waals surface area contributed by atoms with Crippen molar-refractivity contribution in [1.82, 2.24) is 10.2 Å². The molecule has 0 bridgehead atoms. The van der Waals surface area contributed by atoms with Gasteiger partial charge in [-0.05, 0) is 24.7 Å². The second-order valence-corrected chi connectivity index (χ2v) is 4.25. The van der Waals surface area contributed by atoms with Crippen LogP contribution in [0.3, 0.4) is 0 Å². The predicted molar refractivity (Wildman–Crippen MR) is 72.5 cm³/mol. The molecule has 6 heteroatoms. The first-order chi connectivity index (χ1) is 9.08. The monoisotopic (exact) mass is 269 g/mol. The maximum Gasteiger partial charge on any atom is 0.304 e. The van der Waals surface area contributed by atoms with Crippen LogP contribution in [0.15, 0.2) is 18.2 Å². The van der Waals surface area contributed by atoms with Gasteiger partial charge in [0.05, 0.1) is 4.92 Å². The smallest absolute Gasteiger partial charge is 0.304 e. The molecule has 1 aromatic rings. The Morgan fingerprint density at radius 2 is 2.05 bits per heavy atom. The zero-order chi connectivity index (χ0) is 14.3. The van der Waals surface area contributed by atoms with Crippen molar-refractivity contribution in [3.05, 3.63) is 39.7 Å². The normalized spacial score (nSPS) is 10.9. The second kappa shape index (κ2) is 7.81. The number of nitrogens with one attached hydrogen (secondary N) is 1. The molecule has 1 aromatic carbocycles. The highest BCUT2D eigenvalue weighted by Gasteiger charge is 2.13. The highest BCUT2D eigenvalue weighted by Crippen LogP contribution is 2.17. The molecule has 19 heavy (non-hydrogen) atoms. The summed E-state index contributed by atoms with van der Waals surface area (Å²) < 4.78 is 13.4. The molecular formula is C13H20FN3O2. The molecule has 0 amide bonds. The quantitative estimate of drug-likeness (QED) is 0.446. The van der Waals surface area contributed by atoms with Crippen molar-refractivity contribution in [2.24, 2.45) is 0 Å². The van der Waals surface area contributed by atoms with Gasteiger partial charge in [-0.15, -0.1) is 0 Å². The van der Waals surface area contributed by atoms with Gasteiger partial charge >= 0.3 is 5.69 Å². The molecule has 0 radical (unpaired) electrons. The molecule has 5 nitrogen and oxygen atoms in total. The predicted octanol–water partition coefficient (Wildman–Crippen LogP) is 2.17. The van der Waals surface area contributed by atoms with E-state index in [1.807, 2.05) is 0 Å². The van der Waals surface area contributed by atoms with E-state index in [9.17, 15) is 14.5 Å². The molecule has 1 N–H and O–H groups in total. The molecular weight excluding hydrogens is 249 g/mol. The van der Waals surface area contributed by atoms with Gasteiger partial charge in [0.2, 0.25) is 5.82 Å². The van der Waals surface area contributed by atoms with Crippen LogP contribution >= 0.6 is 0 Å². The number of hydrogen-bond acceptors (Lipinski definition) is 4. The molecule has 0 atom stereocenters. The fraction of sp³-hybridized carbons (Fsp3) is 0.538. The molecule has 0 heterocycles. The van der Waals surface area contributed by atoms with E-state index in [4.69, 9.17) is 0 Å². The number of nitro benzene ring substituents is 1. The SMILES string of the molecule is CCN(CC)CCNCc1ccc([N+](=O)[O-])c(F)c1. The van der Waals surface area contributed by atoms with Crippen molar-refractivity contribution >= 4 is 5.69 Å². The van der Waals surface area contributed by atoms with Crippen LogP contribution in [0.4, 0.5) is 10.1 Å². The minimum Gasteiger partial charge on any atom is -0.311 e. The van der Waals surface area contributed by atoms with Crippen LogP contribution in [0.1, 0.15) is 19.4 Å². The third kappa shape index (κ3) is 4.92. The number of nitrogens with zero attached hydrogens (tertiary/aromatic N) is 2. The van der Waals surface area contributed by atoms with E-state index in [0.717, 1.165) is 26.2 Å². The Morgan fingerprint density at radius 3 is 2.58 bits per heavy atom. The van der Waals surface area contributed by atoms with Crippen LogP contribution in [0.2, 0.25) is 0 Å². The lowest BCUT2D eigenvalue weighted by atomic mass is 10.2. The van der Waals surface area contributed by atoms with E-state index in [1.165, 1.54) is 12.1 Å². The summed E-state index contributed by atoms with van der Waals surface area (Å²) >= 11 is 0. The lowest BCUT2D eigenvalue weighted by Crippen LogP contribution is -2.31. The van der Waals surface area contributed by atoms with Crippen molar-refractivity contribution in [3.63, 3.8) is 0 Å². The van der Waals surface area contributed by atoms with Gasteiger partial charge < -0.3 is 10.2 Å². The molecule has 0 spiro atoms. The van der Waals surface area contributed by atoms with Gasteiger partial charge in [0, 0.05) is 25.7 Å². The Kier molecular flexibility index (Phi) is 6.38. The summed E-state index contributed by atoms with van der Waals surface area (Å²) in [5.74, 6) is -0.784. The molecule has 0 fully saturated rings. The summed E-state index contributed by atoms with van der Waals surface area (Å²) in [7, 11) is 0. The third-order valence-electron chi connectivity index (χ3n) is 3.04. The molecule has 106 valence electrons. The van der Waals surface area contributed by atoms with Gasteiger partial charge in [-0.2, -0.15) is 4.39 Å². The summed E-state index contributed by atoms with van der Waals surface area (Å²) in [6, 6.07) is 3.99. The fourth-order valence-corrected chi connectivity index (χ4v) is 1.82. The van der Waals surface area contributed by atoms with Crippen LogP contribution in [0.25, 0.3) is 0 Å². The van der Waals surface area contributed by atoms with Gasteiger partial charge in [0.15, 0.2) is 0 Å². The van der Waals surface area contributed by atoms with Crippen molar-refractivity contribution in [2.75, 3.05) is 26.2 Å². The van der Waals surface area contributed by atoms with E-state index in [-0.39, 0.29) is 0 Å². The first kappa shape index (κ1) is 15.5. The first-order valence-electron chi connectivity index (χ1n) is 6.44. The van der Waals surface area contributed by atoms with Crippen molar-refractivity contribution in [1.29, 1.82) is 0 Å². The topological polar surface area (TPSA) is 58.4 Å². The van der Waals surface area contributed by atoms with E-state index >= 15 is 0 Å². The standard InChI is InChI=1S/C13H20FN3O2/c1-3-16(4-2)8-7-15-10-11-5-6-13(17(18)19)12(14)9-11/h5-6,9,15H,3-4,7-8,10H2,1-2H3. The number of halogens is 1. The van der Waals surface area contributed by atoms with Crippen molar-refractivity contribution < 1.29 is 9.31 Å². The van der Waals surface area contributed by atoms with Crippen LogP contribution in [-0.2, 0) is 6.54 Å². The maximum absolute atomic E-state index is 13.4. The summed E-state index contributed by atoms with van der Waals surface area (Å²) in [6.07, 6.45) is 0. The van der Waals surface area contributed by atoms with Gasteiger partial charge in [-0.3, -0.25) is 10.1 Å². The van der Waals surface area contributed by atoms with Crippen molar-refractivity contribution in [2.45, 2.75) is 20.4 Å². The van der Waals surface area contributed by atoms with Crippen molar-refractivity contribution in [3.8, 4) is 0 Å². The molecule has 0 aliphatic rings. The molecule has 0 saturated heterocycles. The summed E-state index contributed by atoms with van der Waals surface area (Å²) in [5.41, 5.74) is 0.231. The summed E-state index contributed by atoms with van der Waals surface area (Å²) in [4.78, 5) is 12.0. The molecule has 0 aromatic heterocycles. The van der Waals surface area contributed by atoms with E-state index in [2.05, 4.69) is 24.1 Å². The van der Waals surface area contributed by atoms with Gasteiger partial charge in [0.25, 0.3) is 0 Å². The summed E-state index contributed by atoms with van der Waals surface area (Å²) in [6.45, 7) is 8.47. The highest BCUT2D eigenvalue weighted by atomic mass is 19.1. The van der Waals surface area contributed by atoms with Gasteiger partial charge in [-0.1, -0.05) is 19.9 Å². The average molecular weight is 269 g/mol. The third-order valence-corrected chi connectivity index (χ3v) is 3.04. The highest BCUT2D eigenvalue weighted by molar-refractivity contribution is 5.34. The summed E-state index contributed by atoms with van der Waals surface area (Å²) in [5, 5.41) is 13.7. The van der Waals surface area contributed by atoms with Crippen LogP contribution in [-0.4, -0.2) is 36.0 Å². The Labute approximate surface area is 112 Å². The first-order valence-corrected chi connectivity index (χ1v) is 6.44. The maximum atomic E-state index is 13.4. The number of benzene rings is 1. The Morgan fingerprint density at radius 1 is 1.37 bits per heavy atom. The number of nitro groups is 1. The molecule has 0 aliphatic carbocycles. The van der Waals surface area contributed by atoms with Crippen LogP contribution in [0.5, 0.6) is 0 Å². The van der Waals surface area contributed by atoms with E-state index < -0.39 is 16.4 Å². The Hall–Kier alpha value is -1.53. The van der Waals surface area contributed by atoms with E-state index in [0.29, 0.717) is 12.1 Å². The van der Waals surface area contributed by atoms with E-state index in [1.54, 1.807) is 6.07 Å².